The Bertz CT molecular complexity index is 733. The Morgan fingerprint density at radius 3 is 2.54 bits per heavy atom. The third kappa shape index (κ3) is 2.94. The highest BCUT2D eigenvalue weighted by Crippen LogP contribution is 2.39. The van der Waals surface area contributed by atoms with E-state index in [4.69, 9.17) is 4.74 Å². The minimum Gasteiger partial charge on any atom is -0.374 e. The maximum atomic E-state index is 13.7. The van der Waals surface area contributed by atoms with E-state index in [0.717, 1.165) is 30.4 Å². The van der Waals surface area contributed by atoms with Gasteiger partial charge in [-0.05, 0) is 42.5 Å². The predicted molar refractivity (Wildman–Crippen MR) is 88.8 cm³/mol. The molecule has 2 heterocycles. The van der Waals surface area contributed by atoms with Crippen molar-refractivity contribution >= 4 is 5.91 Å². The second kappa shape index (κ2) is 6.36. The van der Waals surface area contributed by atoms with Crippen LogP contribution in [0.15, 0.2) is 54.6 Å². The van der Waals surface area contributed by atoms with Crippen LogP contribution < -0.4 is 5.32 Å². The summed E-state index contributed by atoms with van der Waals surface area (Å²) in [6.07, 6.45) is 3.08. The third-order valence-electron chi connectivity index (χ3n) is 5.04. The molecule has 2 aliphatic heterocycles. The van der Waals surface area contributed by atoms with Crippen molar-refractivity contribution in [1.82, 2.24) is 5.32 Å². The molecule has 0 spiro atoms. The molecule has 1 amide bonds. The first-order valence-electron chi connectivity index (χ1n) is 8.47. The summed E-state index contributed by atoms with van der Waals surface area (Å²) in [5, 5.41) is 3.12. The molecule has 2 bridgehead atoms. The van der Waals surface area contributed by atoms with Crippen molar-refractivity contribution in [1.29, 1.82) is 0 Å². The molecule has 4 rings (SSSR count). The minimum atomic E-state index is -0.353. The zero-order valence-electron chi connectivity index (χ0n) is 13.3. The number of ether oxygens (including phenoxy) is 1. The fourth-order valence-corrected chi connectivity index (χ4v) is 3.85. The first kappa shape index (κ1) is 15.3. The normalized spacial score (nSPS) is 26.3. The average Bonchev–Trinajstić information content (AvgIpc) is 3.23. The van der Waals surface area contributed by atoms with Gasteiger partial charge in [0, 0.05) is 0 Å². The number of fused-ring (bicyclic) bond motifs is 2. The maximum Gasteiger partial charge on any atom is 0.226 e. The first-order chi connectivity index (χ1) is 11.7. The Morgan fingerprint density at radius 1 is 1.08 bits per heavy atom. The molecule has 0 radical (unpaired) electrons. The van der Waals surface area contributed by atoms with Crippen molar-refractivity contribution in [2.45, 2.75) is 37.5 Å². The van der Waals surface area contributed by atoms with Crippen LogP contribution >= 0.6 is 0 Å². The number of rotatable bonds is 4. The summed E-state index contributed by atoms with van der Waals surface area (Å²) >= 11 is 0. The zero-order valence-corrected chi connectivity index (χ0v) is 13.3. The highest BCUT2D eigenvalue weighted by atomic mass is 19.1. The summed E-state index contributed by atoms with van der Waals surface area (Å²) < 4.78 is 19.5. The van der Waals surface area contributed by atoms with Crippen LogP contribution in [-0.4, -0.2) is 18.1 Å². The van der Waals surface area contributed by atoms with E-state index in [-0.39, 0.29) is 35.9 Å². The van der Waals surface area contributed by atoms with Gasteiger partial charge in [-0.25, -0.2) is 4.39 Å². The second-order valence-electron chi connectivity index (χ2n) is 6.62. The molecule has 4 heteroatoms. The van der Waals surface area contributed by atoms with Gasteiger partial charge in [0.1, 0.15) is 5.82 Å². The summed E-state index contributed by atoms with van der Waals surface area (Å²) in [5.74, 6) is -0.394. The first-order valence-corrected chi connectivity index (χ1v) is 8.47. The maximum absolute atomic E-state index is 13.7. The molecule has 0 aromatic heterocycles. The molecule has 3 nitrogen and oxygen atoms in total. The SMILES string of the molecule is O=C(N[C@H](c1ccccc1)c1cccc(F)c1)[C@H]1C[C@H]2CC[C@H]1O2. The third-order valence-corrected chi connectivity index (χ3v) is 5.04. The van der Waals surface area contributed by atoms with Crippen molar-refractivity contribution in [3.8, 4) is 0 Å². The fraction of sp³-hybridized carbons (Fsp3) is 0.350. The van der Waals surface area contributed by atoms with Crippen molar-refractivity contribution in [2.24, 2.45) is 5.92 Å². The number of halogens is 1. The van der Waals surface area contributed by atoms with Crippen molar-refractivity contribution < 1.29 is 13.9 Å². The summed E-state index contributed by atoms with van der Waals surface area (Å²) in [6.45, 7) is 0. The lowest BCUT2D eigenvalue weighted by Gasteiger charge is -2.24. The van der Waals surface area contributed by atoms with E-state index in [1.54, 1.807) is 6.07 Å². The molecule has 0 aliphatic carbocycles. The van der Waals surface area contributed by atoms with E-state index in [1.165, 1.54) is 12.1 Å². The van der Waals surface area contributed by atoms with E-state index in [1.807, 2.05) is 36.4 Å². The van der Waals surface area contributed by atoms with Crippen molar-refractivity contribution in [2.75, 3.05) is 0 Å². The van der Waals surface area contributed by atoms with E-state index in [2.05, 4.69) is 5.32 Å². The summed E-state index contributed by atoms with van der Waals surface area (Å²) in [5.41, 5.74) is 1.69. The zero-order chi connectivity index (χ0) is 16.5. The highest BCUT2D eigenvalue weighted by molar-refractivity contribution is 5.80. The van der Waals surface area contributed by atoms with Crippen LogP contribution in [0.2, 0.25) is 0 Å². The molecule has 2 aromatic carbocycles. The summed E-state index contributed by atoms with van der Waals surface area (Å²) in [7, 11) is 0. The largest absolute Gasteiger partial charge is 0.374 e. The molecule has 0 unspecified atom stereocenters. The number of hydrogen-bond acceptors (Lipinski definition) is 2. The second-order valence-corrected chi connectivity index (χ2v) is 6.62. The van der Waals surface area contributed by atoms with Crippen molar-refractivity contribution in [3.05, 3.63) is 71.5 Å². The molecule has 2 saturated heterocycles. The minimum absolute atomic E-state index is 0.000291. The fourth-order valence-electron chi connectivity index (χ4n) is 3.85. The molecule has 2 aliphatic rings. The molecule has 124 valence electrons. The number of hydrogen-bond donors (Lipinski definition) is 1. The Kier molecular flexibility index (Phi) is 4.07. The number of nitrogens with one attached hydrogen (secondary N) is 1. The van der Waals surface area contributed by atoms with Crippen LogP contribution in [0.3, 0.4) is 0 Å². The molecule has 0 saturated carbocycles. The Morgan fingerprint density at radius 2 is 1.88 bits per heavy atom. The Labute approximate surface area is 140 Å². The van der Waals surface area contributed by atoms with E-state index in [0.29, 0.717) is 0 Å². The average molecular weight is 325 g/mol. The van der Waals surface area contributed by atoms with E-state index < -0.39 is 0 Å². The van der Waals surface area contributed by atoms with Gasteiger partial charge in [0.2, 0.25) is 5.91 Å². The number of carbonyl (C=O) groups excluding carboxylic acids is 1. The Balaban J connectivity index is 1.60. The van der Waals surface area contributed by atoms with Crippen LogP contribution in [0.5, 0.6) is 0 Å². The van der Waals surface area contributed by atoms with Gasteiger partial charge in [-0.3, -0.25) is 4.79 Å². The summed E-state index contributed by atoms with van der Waals surface area (Å²) in [6, 6.07) is 15.7. The van der Waals surface area contributed by atoms with Crippen molar-refractivity contribution in [3.63, 3.8) is 0 Å². The van der Waals surface area contributed by atoms with Gasteiger partial charge in [0.05, 0.1) is 24.2 Å². The molecule has 24 heavy (non-hydrogen) atoms. The highest BCUT2D eigenvalue weighted by Gasteiger charge is 2.44. The lowest BCUT2D eigenvalue weighted by Crippen LogP contribution is -2.38. The quantitative estimate of drug-likeness (QED) is 0.933. The van der Waals surface area contributed by atoms with E-state index in [9.17, 15) is 9.18 Å². The number of benzene rings is 2. The van der Waals surface area contributed by atoms with Gasteiger partial charge in [-0.2, -0.15) is 0 Å². The van der Waals surface area contributed by atoms with E-state index >= 15 is 0 Å². The van der Waals surface area contributed by atoms with Gasteiger partial charge < -0.3 is 10.1 Å². The monoisotopic (exact) mass is 325 g/mol. The summed E-state index contributed by atoms with van der Waals surface area (Å²) in [4.78, 5) is 12.8. The van der Waals surface area contributed by atoms with Gasteiger partial charge in [-0.1, -0.05) is 42.5 Å². The van der Waals surface area contributed by atoms with Gasteiger partial charge in [0.15, 0.2) is 0 Å². The standard InChI is InChI=1S/C20H20FNO2/c21-15-8-4-7-14(11-15)19(13-5-2-1-3-6-13)22-20(23)17-12-16-9-10-18(17)24-16/h1-8,11,16-19H,9-10,12H2,(H,22,23)/t16-,17+,18-,19-/m1/s1. The van der Waals surface area contributed by atoms with Crippen LogP contribution in [0.4, 0.5) is 4.39 Å². The molecular weight excluding hydrogens is 305 g/mol. The lowest BCUT2D eigenvalue weighted by molar-refractivity contribution is -0.127. The molecular formula is C20H20FNO2. The van der Waals surface area contributed by atoms with Crippen LogP contribution in [0, 0.1) is 11.7 Å². The van der Waals surface area contributed by atoms with Crippen LogP contribution in [0.1, 0.15) is 36.4 Å². The molecule has 2 aromatic rings. The van der Waals surface area contributed by atoms with Crippen LogP contribution in [0.25, 0.3) is 0 Å². The molecule has 4 atom stereocenters. The van der Waals surface area contributed by atoms with Gasteiger partial charge >= 0.3 is 0 Å². The van der Waals surface area contributed by atoms with Gasteiger partial charge in [-0.15, -0.1) is 0 Å². The number of amides is 1. The Hall–Kier alpha value is -2.20. The predicted octanol–water partition coefficient (Wildman–Crippen LogP) is 3.60. The lowest BCUT2D eigenvalue weighted by atomic mass is 9.88. The smallest absolute Gasteiger partial charge is 0.226 e. The topological polar surface area (TPSA) is 38.3 Å². The molecule has 1 N–H and O–H groups in total. The van der Waals surface area contributed by atoms with Gasteiger partial charge in [0.25, 0.3) is 0 Å². The number of carbonyl (C=O) groups is 1. The van der Waals surface area contributed by atoms with Crippen LogP contribution in [-0.2, 0) is 9.53 Å². The molecule has 2 fully saturated rings.